The lowest BCUT2D eigenvalue weighted by Crippen LogP contribution is -2.09. The maximum atomic E-state index is 11.6. The summed E-state index contributed by atoms with van der Waals surface area (Å²) in [5.74, 6) is -0.862. The quantitative estimate of drug-likeness (QED) is 0.420. The number of hydrogen-bond acceptors (Lipinski definition) is 4. The molecule has 0 fully saturated rings. The average molecular weight is 442 g/mol. The minimum Gasteiger partial charge on any atom is -0.480 e. The molecule has 4 nitrogen and oxygen atoms in total. The summed E-state index contributed by atoms with van der Waals surface area (Å²) >= 11 is 3.29. The third-order valence-electron chi connectivity index (χ3n) is 4.74. The first-order valence-electron chi connectivity index (χ1n) is 8.94. The molecule has 0 bridgehead atoms. The summed E-state index contributed by atoms with van der Waals surface area (Å²) in [6.07, 6.45) is 1.66. The Bertz CT molecular complexity index is 1210. The molecule has 2 aromatic heterocycles. The molecule has 0 saturated carbocycles. The molecule has 1 atom stereocenters. The Kier molecular flexibility index (Phi) is 5.63. The predicted molar refractivity (Wildman–Crippen MR) is 121 cm³/mol. The third kappa shape index (κ3) is 4.03. The van der Waals surface area contributed by atoms with E-state index < -0.39 is 16.8 Å². The highest BCUT2D eigenvalue weighted by Crippen LogP contribution is 2.40. The molecule has 0 aliphatic heterocycles. The molecule has 0 aliphatic rings. The number of fused-ring (bicyclic) bond motifs is 1. The second-order valence-corrected chi connectivity index (χ2v) is 10.0. The number of carboxylic acid groups (broad SMARTS) is 1. The van der Waals surface area contributed by atoms with E-state index in [0.29, 0.717) is 0 Å². The number of carboxylic acids is 1. The molecule has 2 heterocycles. The van der Waals surface area contributed by atoms with Gasteiger partial charge in [-0.25, -0.2) is 0 Å². The van der Waals surface area contributed by atoms with Crippen LogP contribution in [0.2, 0.25) is 0 Å². The van der Waals surface area contributed by atoms with Crippen LogP contribution in [0.25, 0.3) is 21.3 Å². The van der Waals surface area contributed by atoms with Gasteiger partial charge in [0.1, 0.15) is 6.54 Å². The van der Waals surface area contributed by atoms with E-state index in [4.69, 9.17) is 0 Å². The van der Waals surface area contributed by atoms with Gasteiger partial charge in [-0.1, -0.05) is 23.9 Å². The van der Waals surface area contributed by atoms with E-state index in [1.54, 1.807) is 29.4 Å². The lowest BCUT2D eigenvalue weighted by Gasteiger charge is -2.06. The summed E-state index contributed by atoms with van der Waals surface area (Å²) in [5, 5.41) is 12.5. The summed E-state index contributed by atoms with van der Waals surface area (Å²) in [4.78, 5) is 15.5. The van der Waals surface area contributed by atoms with Gasteiger partial charge in [-0.15, -0.1) is 11.3 Å². The van der Waals surface area contributed by atoms with Crippen molar-refractivity contribution in [2.24, 2.45) is 0 Å². The molecular weight excluding hydrogens is 422 g/mol. The maximum Gasteiger partial charge on any atom is 0.323 e. The molecule has 7 heteroatoms. The molecule has 0 amide bonds. The molecule has 0 saturated heterocycles. The van der Waals surface area contributed by atoms with Crippen molar-refractivity contribution in [2.45, 2.75) is 28.2 Å². The van der Waals surface area contributed by atoms with Crippen LogP contribution in [0.1, 0.15) is 5.69 Å². The van der Waals surface area contributed by atoms with Crippen molar-refractivity contribution < 1.29 is 14.1 Å². The van der Waals surface area contributed by atoms with Crippen molar-refractivity contribution >= 4 is 50.8 Å². The van der Waals surface area contributed by atoms with E-state index in [1.807, 2.05) is 54.0 Å². The molecule has 0 spiro atoms. The smallest absolute Gasteiger partial charge is 0.323 e. The van der Waals surface area contributed by atoms with Gasteiger partial charge in [0, 0.05) is 53.2 Å². The topological polar surface area (TPSA) is 59.3 Å². The second kappa shape index (κ2) is 8.18. The van der Waals surface area contributed by atoms with Crippen LogP contribution in [0.5, 0.6) is 0 Å². The van der Waals surface area contributed by atoms with Gasteiger partial charge in [-0.3, -0.25) is 9.00 Å². The van der Waals surface area contributed by atoms with Gasteiger partial charge in [0.15, 0.2) is 0 Å². The Morgan fingerprint density at radius 2 is 1.93 bits per heavy atom. The van der Waals surface area contributed by atoms with Crippen LogP contribution in [0.3, 0.4) is 0 Å². The molecule has 148 valence electrons. The summed E-state index contributed by atoms with van der Waals surface area (Å²) in [6.45, 7) is 1.89. The van der Waals surface area contributed by atoms with Crippen molar-refractivity contribution in [1.29, 1.82) is 0 Å². The molecule has 1 unspecified atom stereocenters. The molecule has 4 rings (SSSR count). The standard InChI is InChI=1S/C22H19NO3S3/c1-14-22(28-16-6-8-17(9-7-16)29(2)26)18-12-15(20-4-3-11-27-20)5-10-19(18)23(14)13-21(24)25/h3-12H,13H2,1-2H3,(H,24,25). The van der Waals surface area contributed by atoms with Crippen molar-refractivity contribution in [3.05, 3.63) is 65.7 Å². The Labute approximate surface area is 179 Å². The zero-order valence-corrected chi connectivity index (χ0v) is 18.4. The number of benzene rings is 2. The highest BCUT2D eigenvalue weighted by atomic mass is 32.2. The summed E-state index contributed by atoms with van der Waals surface area (Å²) < 4.78 is 13.5. The summed E-state index contributed by atoms with van der Waals surface area (Å²) in [7, 11) is -1.01. The first-order valence-corrected chi connectivity index (χ1v) is 12.2. The fourth-order valence-electron chi connectivity index (χ4n) is 3.33. The number of carbonyl (C=O) groups is 1. The molecular formula is C22H19NO3S3. The SMILES string of the molecule is Cc1c(Sc2ccc(S(C)=O)cc2)c2cc(-c3cccs3)ccc2n1CC(=O)O. The van der Waals surface area contributed by atoms with Gasteiger partial charge in [-0.05, 0) is 60.3 Å². The molecule has 2 aromatic carbocycles. The summed E-state index contributed by atoms with van der Waals surface area (Å²) in [5.41, 5.74) is 2.97. The van der Waals surface area contributed by atoms with Crippen LogP contribution in [-0.2, 0) is 22.1 Å². The van der Waals surface area contributed by atoms with Crippen molar-refractivity contribution in [3.63, 3.8) is 0 Å². The Morgan fingerprint density at radius 3 is 2.55 bits per heavy atom. The summed E-state index contributed by atoms with van der Waals surface area (Å²) in [6, 6.07) is 18.0. The van der Waals surface area contributed by atoms with E-state index in [0.717, 1.165) is 36.8 Å². The lowest BCUT2D eigenvalue weighted by molar-refractivity contribution is -0.137. The molecule has 0 aliphatic carbocycles. The van der Waals surface area contributed by atoms with Crippen LogP contribution in [0.4, 0.5) is 0 Å². The first kappa shape index (κ1) is 19.9. The number of hydrogen-bond donors (Lipinski definition) is 1. The molecule has 29 heavy (non-hydrogen) atoms. The van der Waals surface area contributed by atoms with Gasteiger partial charge in [0.2, 0.25) is 0 Å². The Balaban J connectivity index is 1.83. The zero-order chi connectivity index (χ0) is 20.5. The zero-order valence-electron chi connectivity index (χ0n) is 15.9. The van der Waals surface area contributed by atoms with Crippen LogP contribution >= 0.6 is 23.1 Å². The molecule has 4 aromatic rings. The van der Waals surface area contributed by atoms with Gasteiger partial charge >= 0.3 is 5.97 Å². The predicted octanol–water partition coefficient (Wildman–Crippen LogP) is 5.65. The van der Waals surface area contributed by atoms with Crippen molar-refractivity contribution in [1.82, 2.24) is 4.57 Å². The van der Waals surface area contributed by atoms with Crippen LogP contribution in [0, 0.1) is 6.92 Å². The molecule has 1 N–H and O–H groups in total. The van der Waals surface area contributed by atoms with Crippen molar-refractivity contribution in [3.8, 4) is 10.4 Å². The normalized spacial score (nSPS) is 12.3. The van der Waals surface area contributed by atoms with Gasteiger partial charge in [0.05, 0.1) is 0 Å². The van der Waals surface area contributed by atoms with E-state index in [9.17, 15) is 14.1 Å². The Hall–Kier alpha value is -2.35. The van der Waals surface area contributed by atoms with Gasteiger partial charge in [0.25, 0.3) is 0 Å². The van der Waals surface area contributed by atoms with Crippen molar-refractivity contribution in [2.75, 3.05) is 6.26 Å². The average Bonchev–Trinajstić information content (AvgIpc) is 3.31. The van der Waals surface area contributed by atoms with E-state index in [1.165, 1.54) is 4.88 Å². The van der Waals surface area contributed by atoms with Gasteiger partial charge in [-0.2, -0.15) is 0 Å². The number of aromatic nitrogens is 1. The fourth-order valence-corrected chi connectivity index (χ4v) is 5.62. The van der Waals surface area contributed by atoms with Gasteiger partial charge < -0.3 is 9.67 Å². The maximum absolute atomic E-state index is 11.6. The Morgan fingerprint density at radius 1 is 1.17 bits per heavy atom. The van der Waals surface area contributed by atoms with Crippen LogP contribution < -0.4 is 0 Å². The minimum absolute atomic E-state index is 0.0744. The number of thiophene rings is 1. The number of aliphatic carboxylic acids is 1. The van der Waals surface area contributed by atoms with E-state index >= 15 is 0 Å². The second-order valence-electron chi connectivity index (χ2n) is 6.63. The van der Waals surface area contributed by atoms with Crippen LogP contribution in [-0.4, -0.2) is 26.1 Å². The highest BCUT2D eigenvalue weighted by Gasteiger charge is 2.18. The monoisotopic (exact) mass is 441 g/mol. The number of nitrogens with zero attached hydrogens (tertiary/aromatic N) is 1. The van der Waals surface area contributed by atoms with E-state index in [-0.39, 0.29) is 6.54 Å². The molecule has 0 radical (unpaired) electrons. The lowest BCUT2D eigenvalue weighted by atomic mass is 10.1. The minimum atomic E-state index is -1.01. The van der Waals surface area contributed by atoms with Crippen LogP contribution in [0.15, 0.2) is 74.7 Å². The fraction of sp³-hybridized carbons (Fsp3) is 0.136. The highest BCUT2D eigenvalue weighted by molar-refractivity contribution is 7.99. The van der Waals surface area contributed by atoms with E-state index in [2.05, 4.69) is 17.5 Å². The third-order valence-corrected chi connectivity index (χ3v) is 7.82. The number of rotatable bonds is 6. The largest absolute Gasteiger partial charge is 0.480 e. The first-order chi connectivity index (χ1) is 13.9.